The zero-order valence-electron chi connectivity index (χ0n) is 5.25. The Kier molecular flexibility index (Phi) is 5.21. The van der Waals surface area contributed by atoms with Crippen molar-refractivity contribution in [2.75, 3.05) is 0 Å². The van der Waals surface area contributed by atoms with E-state index in [1.54, 1.807) is 0 Å². The van der Waals surface area contributed by atoms with Crippen LogP contribution >= 0.6 is 0 Å². The van der Waals surface area contributed by atoms with Crippen molar-refractivity contribution >= 4 is 13.5 Å². The van der Waals surface area contributed by atoms with Crippen LogP contribution in [0.3, 0.4) is 0 Å². The summed E-state index contributed by atoms with van der Waals surface area (Å²) in [5.41, 5.74) is -2.47. The number of carbonyl (C=O) groups is 1. The van der Waals surface area contributed by atoms with E-state index in [9.17, 15) is 4.79 Å². The van der Waals surface area contributed by atoms with Crippen LogP contribution in [0.2, 0.25) is 0 Å². The van der Waals surface area contributed by atoms with Crippen LogP contribution in [0.4, 0.5) is 0 Å². The van der Waals surface area contributed by atoms with Gasteiger partial charge in [-0.1, -0.05) is 0 Å². The maximum atomic E-state index is 10.6. The monoisotopic (exact) mass is 139 g/mol. The molecule has 0 aliphatic carbocycles. The van der Waals surface area contributed by atoms with E-state index in [4.69, 9.17) is 15.8 Å². The average molecular weight is 139 g/mol. The van der Waals surface area contributed by atoms with Gasteiger partial charge in [0.1, 0.15) is 18.2 Å². The minimum absolute atomic E-state index is 0. The topological polar surface area (TPSA) is 88.4 Å². The second kappa shape index (κ2) is 4.59. The average Bonchev–Trinajstić information content (AvgIpc) is 1.92. The second-order valence-electron chi connectivity index (χ2n) is 1.19. The molecule has 6 heteroatoms. The molecule has 0 aliphatic rings. The molecule has 0 aliphatic heterocycles. The number of hydrogen-bond acceptors (Lipinski definition) is 4. The summed E-state index contributed by atoms with van der Waals surface area (Å²) in [6, 6.07) is 4.22. The van der Waals surface area contributed by atoms with Crippen LogP contribution in [0.1, 0.15) is 0 Å². The van der Waals surface area contributed by atoms with E-state index < -0.39 is 18.9 Å². The minimum Gasteiger partial charge on any atom is -0.344 e. The molecule has 0 amide bonds. The van der Waals surface area contributed by atoms with Crippen LogP contribution in [-0.4, -0.2) is 13.5 Å². The predicted molar refractivity (Wildman–Crippen MR) is 34.2 cm³/mol. The summed E-state index contributed by atoms with van der Waals surface area (Å²) in [5.74, 6) is 0. The molecule has 0 rings (SSSR count). The Balaban J connectivity index is 0. The van der Waals surface area contributed by atoms with Gasteiger partial charge >= 0.3 is 18.9 Å². The van der Waals surface area contributed by atoms with Gasteiger partial charge in [0.2, 0.25) is 5.41 Å². The molecule has 4 nitrogen and oxygen atoms in total. The molecule has 0 fully saturated rings. The summed E-state index contributed by atoms with van der Waals surface area (Å²) in [7, 11) is -0.742. The van der Waals surface area contributed by atoms with E-state index in [0.717, 1.165) is 0 Å². The predicted octanol–water partition coefficient (Wildman–Crippen LogP) is -4.56. The third-order valence-electron chi connectivity index (χ3n) is 0.656. The fourth-order valence-corrected chi connectivity index (χ4v) is 0.143. The third-order valence-corrected chi connectivity index (χ3v) is 0.656. The molecular formula is C5H3BLiN3O. The Morgan fingerprint density at radius 2 is 1.45 bits per heavy atom. The molecule has 48 valence electrons. The van der Waals surface area contributed by atoms with Gasteiger partial charge in [-0.2, -0.15) is 15.8 Å². The van der Waals surface area contributed by atoms with Crippen LogP contribution in [0, 0.1) is 39.4 Å². The van der Waals surface area contributed by atoms with Gasteiger partial charge in [0, 0.05) is 13.5 Å². The van der Waals surface area contributed by atoms with Crippen LogP contribution in [0.5, 0.6) is 0 Å². The number of nitriles is 3. The van der Waals surface area contributed by atoms with Crippen molar-refractivity contribution in [1.82, 2.24) is 0 Å². The van der Waals surface area contributed by atoms with Gasteiger partial charge in [0.05, 0.1) is 0 Å². The quantitative estimate of drug-likeness (QED) is 0.342. The Morgan fingerprint density at radius 1 is 1.18 bits per heavy atom. The summed E-state index contributed by atoms with van der Waals surface area (Å²) in [4.78, 5) is 10.6. The smallest absolute Gasteiger partial charge is 0.344 e. The van der Waals surface area contributed by atoms with Crippen molar-refractivity contribution in [3.63, 3.8) is 0 Å². The summed E-state index contributed by atoms with van der Waals surface area (Å²) < 4.78 is 0. The number of carbonyl (C=O) groups excluding carboxylic acids is 1. The molecule has 11 heavy (non-hydrogen) atoms. The molecule has 0 atom stereocenters. The van der Waals surface area contributed by atoms with Gasteiger partial charge in [-0.25, -0.2) is 0 Å². The summed E-state index contributed by atoms with van der Waals surface area (Å²) in [5, 5.41) is 24.8. The first-order chi connectivity index (χ1) is 4.63. The van der Waals surface area contributed by atoms with Gasteiger partial charge in [0.25, 0.3) is 0 Å². The van der Waals surface area contributed by atoms with Crippen LogP contribution in [0.25, 0.3) is 0 Å². The first-order valence-corrected chi connectivity index (χ1v) is 1.87. The molecule has 0 unspecified atom stereocenters. The zero-order valence-corrected chi connectivity index (χ0v) is 5.25. The molecule has 0 saturated heterocycles. The zero-order chi connectivity index (χ0) is 8.20. The summed E-state index contributed by atoms with van der Waals surface area (Å²) >= 11 is 0. The first-order valence-electron chi connectivity index (χ1n) is 1.87. The Bertz CT molecular complexity index is 246. The maximum absolute atomic E-state index is 10.6. The fraction of sp³-hybridized carbons (Fsp3) is 0.200. The summed E-state index contributed by atoms with van der Waals surface area (Å²) in [6.07, 6.45) is 0. The van der Waals surface area contributed by atoms with Crippen molar-refractivity contribution in [3.05, 3.63) is 0 Å². The summed E-state index contributed by atoms with van der Waals surface area (Å²) in [6.45, 7) is 0. The second-order valence-corrected chi connectivity index (χ2v) is 1.19. The van der Waals surface area contributed by atoms with E-state index in [1.165, 1.54) is 18.2 Å². The van der Waals surface area contributed by atoms with Gasteiger partial charge in [-0.15, -0.1) is 0 Å². The Labute approximate surface area is 77.0 Å². The van der Waals surface area contributed by atoms with E-state index >= 15 is 0 Å². The molecule has 0 aromatic carbocycles. The van der Waals surface area contributed by atoms with Gasteiger partial charge in [-0.3, -0.25) is 0 Å². The van der Waals surface area contributed by atoms with E-state index in [0.29, 0.717) is 0 Å². The standard InChI is InChI=1S/C5H3BN3O.Li/c6-4(10)5(1-7,2-8)3-9;/h6H3;/q-1;+1. The van der Waals surface area contributed by atoms with E-state index in [-0.39, 0.29) is 18.9 Å². The largest absolute Gasteiger partial charge is 1.00 e. The van der Waals surface area contributed by atoms with Crippen LogP contribution < -0.4 is 18.9 Å². The van der Waals surface area contributed by atoms with Crippen molar-refractivity contribution in [2.24, 2.45) is 5.41 Å². The normalized spacial score (nSPS) is 7.82. The first kappa shape index (κ1) is 12.5. The van der Waals surface area contributed by atoms with Crippen LogP contribution in [-0.2, 0) is 4.79 Å². The Morgan fingerprint density at radius 3 is 1.45 bits per heavy atom. The minimum atomic E-state index is -1.99. The molecule has 0 heterocycles. The van der Waals surface area contributed by atoms with Crippen molar-refractivity contribution in [2.45, 2.75) is 0 Å². The molecule has 0 spiro atoms. The molecule has 0 N–H and O–H groups in total. The molecule has 0 radical (unpaired) electrons. The molecule has 0 bridgehead atoms. The molecule has 0 aromatic rings. The Hall–Kier alpha value is -1.20. The van der Waals surface area contributed by atoms with Crippen molar-refractivity contribution in [1.29, 1.82) is 15.8 Å². The SMILES string of the molecule is [BH3-]C(=O)C(C#N)(C#N)C#N.[Li+]. The third kappa shape index (κ3) is 2.14. The number of nitrogens with zero attached hydrogens (tertiary/aromatic N) is 3. The maximum Gasteiger partial charge on any atom is 1.00 e. The van der Waals surface area contributed by atoms with E-state index in [2.05, 4.69) is 0 Å². The van der Waals surface area contributed by atoms with Gasteiger partial charge < -0.3 is 4.79 Å². The van der Waals surface area contributed by atoms with Gasteiger partial charge in [-0.05, 0) is 0 Å². The molecule has 0 aromatic heterocycles. The van der Waals surface area contributed by atoms with Crippen molar-refractivity contribution in [3.8, 4) is 18.2 Å². The van der Waals surface area contributed by atoms with Crippen LogP contribution in [0.15, 0.2) is 0 Å². The molecule has 0 saturated carbocycles. The fourth-order valence-electron chi connectivity index (χ4n) is 0.143. The molecular weight excluding hydrogens is 136 g/mol. The van der Waals surface area contributed by atoms with E-state index in [1.807, 2.05) is 0 Å². The number of hydrogen-bond donors (Lipinski definition) is 0. The van der Waals surface area contributed by atoms with Gasteiger partial charge in [0.15, 0.2) is 0 Å². The number of rotatable bonds is 1. The van der Waals surface area contributed by atoms with Crippen molar-refractivity contribution < 1.29 is 23.7 Å².